The average Bonchev–Trinajstić information content (AvgIpc) is 2.05. The van der Waals surface area contributed by atoms with Crippen molar-refractivity contribution in [3.63, 3.8) is 0 Å². The van der Waals surface area contributed by atoms with Gasteiger partial charge in [0.25, 0.3) is 0 Å². The van der Waals surface area contributed by atoms with E-state index in [4.69, 9.17) is 5.73 Å². The number of carbonyl (C=O) groups excluding carboxylic acids is 1. The molecule has 0 aromatic rings. The van der Waals surface area contributed by atoms with Crippen molar-refractivity contribution in [3.8, 4) is 0 Å². The van der Waals surface area contributed by atoms with E-state index in [-0.39, 0.29) is 5.97 Å². The normalized spacial score (nSPS) is 10.5. The Hall–Kier alpha value is -0.480. The predicted molar refractivity (Wildman–Crippen MR) is 52.2 cm³/mol. The van der Waals surface area contributed by atoms with E-state index in [1.807, 2.05) is 0 Å². The zero-order valence-electron chi connectivity index (χ0n) is 7.29. The standard InChI is InChI=1S/C8H15NO2S/c1-2-11-8(10)4-3-6-12-7-5-9/h3-4H,2,5-7,9H2,1H3/b4-3+. The third-order valence-corrected chi connectivity index (χ3v) is 1.97. The third kappa shape index (κ3) is 7.63. The van der Waals surface area contributed by atoms with Crippen molar-refractivity contribution in [1.29, 1.82) is 0 Å². The highest BCUT2D eigenvalue weighted by Gasteiger charge is 1.91. The van der Waals surface area contributed by atoms with Crippen molar-refractivity contribution < 1.29 is 9.53 Å². The molecule has 0 heterocycles. The van der Waals surface area contributed by atoms with E-state index in [1.165, 1.54) is 6.08 Å². The van der Waals surface area contributed by atoms with Gasteiger partial charge in [-0.05, 0) is 6.92 Å². The lowest BCUT2D eigenvalue weighted by molar-refractivity contribution is -0.137. The van der Waals surface area contributed by atoms with Crippen LogP contribution >= 0.6 is 11.8 Å². The minimum Gasteiger partial charge on any atom is -0.463 e. The quantitative estimate of drug-likeness (QED) is 0.381. The molecule has 0 radical (unpaired) electrons. The van der Waals surface area contributed by atoms with Gasteiger partial charge < -0.3 is 10.5 Å². The number of esters is 1. The number of nitrogens with two attached hydrogens (primary N) is 1. The van der Waals surface area contributed by atoms with Crippen LogP contribution in [0.3, 0.4) is 0 Å². The van der Waals surface area contributed by atoms with Gasteiger partial charge >= 0.3 is 5.97 Å². The molecule has 12 heavy (non-hydrogen) atoms. The van der Waals surface area contributed by atoms with Crippen LogP contribution in [0.4, 0.5) is 0 Å². The Bertz CT molecular complexity index is 148. The van der Waals surface area contributed by atoms with Gasteiger partial charge in [-0.3, -0.25) is 0 Å². The number of carbonyl (C=O) groups is 1. The summed E-state index contributed by atoms with van der Waals surface area (Å²) in [6, 6.07) is 0. The van der Waals surface area contributed by atoms with Crippen LogP contribution in [0.15, 0.2) is 12.2 Å². The molecule has 0 aromatic heterocycles. The first-order valence-electron chi connectivity index (χ1n) is 3.92. The lowest BCUT2D eigenvalue weighted by Gasteiger charge is -1.94. The molecule has 0 amide bonds. The summed E-state index contributed by atoms with van der Waals surface area (Å²) >= 11 is 1.69. The van der Waals surface area contributed by atoms with Gasteiger partial charge in [-0.25, -0.2) is 4.79 Å². The van der Waals surface area contributed by atoms with Crippen LogP contribution in [-0.4, -0.2) is 30.6 Å². The van der Waals surface area contributed by atoms with E-state index in [1.54, 1.807) is 24.8 Å². The topological polar surface area (TPSA) is 52.3 Å². The van der Waals surface area contributed by atoms with Crippen LogP contribution in [0, 0.1) is 0 Å². The van der Waals surface area contributed by atoms with E-state index in [9.17, 15) is 4.79 Å². The highest BCUT2D eigenvalue weighted by molar-refractivity contribution is 7.99. The van der Waals surface area contributed by atoms with Crippen molar-refractivity contribution in [2.24, 2.45) is 5.73 Å². The molecular formula is C8H15NO2S. The second-order valence-electron chi connectivity index (χ2n) is 2.02. The van der Waals surface area contributed by atoms with Crippen molar-refractivity contribution in [1.82, 2.24) is 0 Å². The van der Waals surface area contributed by atoms with Crippen LogP contribution in [0.2, 0.25) is 0 Å². The lowest BCUT2D eigenvalue weighted by atomic mass is 10.5. The fraction of sp³-hybridized carbons (Fsp3) is 0.625. The van der Waals surface area contributed by atoms with Crippen LogP contribution < -0.4 is 5.73 Å². The van der Waals surface area contributed by atoms with Gasteiger partial charge in [0.05, 0.1) is 6.61 Å². The van der Waals surface area contributed by atoms with Gasteiger partial charge in [0.15, 0.2) is 0 Å². The monoisotopic (exact) mass is 189 g/mol. The number of ether oxygens (including phenoxy) is 1. The second-order valence-corrected chi connectivity index (χ2v) is 3.17. The molecular weight excluding hydrogens is 174 g/mol. The van der Waals surface area contributed by atoms with Gasteiger partial charge in [-0.1, -0.05) is 6.08 Å². The average molecular weight is 189 g/mol. The molecule has 0 unspecified atom stereocenters. The zero-order chi connectivity index (χ0) is 9.23. The summed E-state index contributed by atoms with van der Waals surface area (Å²) in [5, 5.41) is 0. The van der Waals surface area contributed by atoms with Gasteiger partial charge in [0, 0.05) is 24.1 Å². The summed E-state index contributed by atoms with van der Waals surface area (Å²) in [5.41, 5.74) is 5.28. The molecule has 3 nitrogen and oxygen atoms in total. The first-order valence-corrected chi connectivity index (χ1v) is 5.07. The maximum absolute atomic E-state index is 10.7. The third-order valence-electron chi connectivity index (χ3n) is 1.02. The molecule has 0 aliphatic heterocycles. The van der Waals surface area contributed by atoms with Gasteiger partial charge in [0.1, 0.15) is 0 Å². The highest BCUT2D eigenvalue weighted by atomic mass is 32.2. The number of hydrogen-bond acceptors (Lipinski definition) is 4. The van der Waals surface area contributed by atoms with E-state index >= 15 is 0 Å². The zero-order valence-corrected chi connectivity index (χ0v) is 8.10. The summed E-state index contributed by atoms with van der Waals surface area (Å²) in [4.78, 5) is 10.7. The Morgan fingerprint density at radius 1 is 1.67 bits per heavy atom. The predicted octanol–water partition coefficient (Wildman–Crippen LogP) is 0.798. The Balaban J connectivity index is 3.29. The van der Waals surface area contributed by atoms with Gasteiger partial charge in [-0.15, -0.1) is 0 Å². The van der Waals surface area contributed by atoms with Crippen molar-refractivity contribution in [3.05, 3.63) is 12.2 Å². The van der Waals surface area contributed by atoms with Crippen LogP contribution in [0.1, 0.15) is 6.92 Å². The summed E-state index contributed by atoms with van der Waals surface area (Å²) in [6.45, 7) is 2.89. The summed E-state index contributed by atoms with van der Waals surface area (Å²) in [7, 11) is 0. The van der Waals surface area contributed by atoms with Crippen molar-refractivity contribution in [2.45, 2.75) is 6.92 Å². The van der Waals surface area contributed by atoms with E-state index in [0.717, 1.165) is 11.5 Å². The second kappa shape index (κ2) is 8.62. The maximum atomic E-state index is 10.7. The van der Waals surface area contributed by atoms with Crippen LogP contribution in [0.5, 0.6) is 0 Å². The molecule has 0 fully saturated rings. The molecule has 0 aliphatic rings. The molecule has 0 saturated carbocycles. The molecule has 0 rings (SSSR count). The summed E-state index contributed by atoms with van der Waals surface area (Å²) in [5.74, 6) is 1.47. The highest BCUT2D eigenvalue weighted by Crippen LogP contribution is 1.97. The minimum absolute atomic E-state index is 0.272. The van der Waals surface area contributed by atoms with Crippen molar-refractivity contribution in [2.75, 3.05) is 24.7 Å². The molecule has 0 aliphatic carbocycles. The maximum Gasteiger partial charge on any atom is 0.330 e. The van der Waals surface area contributed by atoms with E-state index < -0.39 is 0 Å². The molecule has 0 aromatic carbocycles. The number of hydrogen-bond donors (Lipinski definition) is 1. The molecule has 0 bridgehead atoms. The number of rotatable bonds is 6. The smallest absolute Gasteiger partial charge is 0.330 e. The molecule has 70 valence electrons. The Morgan fingerprint density at radius 2 is 2.42 bits per heavy atom. The number of thioether (sulfide) groups is 1. The molecule has 2 N–H and O–H groups in total. The summed E-state index contributed by atoms with van der Waals surface area (Å²) < 4.78 is 4.69. The fourth-order valence-corrected chi connectivity index (χ4v) is 1.14. The Kier molecular flexibility index (Phi) is 8.27. The molecule has 4 heteroatoms. The van der Waals surface area contributed by atoms with Gasteiger partial charge in [-0.2, -0.15) is 11.8 Å². The first-order chi connectivity index (χ1) is 5.81. The van der Waals surface area contributed by atoms with E-state index in [2.05, 4.69) is 4.74 Å². The van der Waals surface area contributed by atoms with Crippen LogP contribution in [-0.2, 0) is 9.53 Å². The largest absolute Gasteiger partial charge is 0.463 e. The molecule has 0 spiro atoms. The lowest BCUT2D eigenvalue weighted by Crippen LogP contribution is -2.02. The first kappa shape index (κ1) is 11.5. The molecule has 0 saturated heterocycles. The molecule has 0 atom stereocenters. The van der Waals surface area contributed by atoms with Crippen LogP contribution in [0.25, 0.3) is 0 Å². The minimum atomic E-state index is -0.272. The summed E-state index contributed by atoms with van der Waals surface area (Å²) in [6.07, 6.45) is 3.24. The fourth-order valence-electron chi connectivity index (χ4n) is 0.569. The van der Waals surface area contributed by atoms with Gasteiger partial charge in [0.2, 0.25) is 0 Å². The van der Waals surface area contributed by atoms with Crippen molar-refractivity contribution >= 4 is 17.7 Å². The SMILES string of the molecule is CCOC(=O)/C=C/CSCCN. The van der Waals surface area contributed by atoms with E-state index in [0.29, 0.717) is 13.2 Å². The Morgan fingerprint density at radius 3 is 3.00 bits per heavy atom. The Labute approximate surface area is 77.3 Å².